The van der Waals surface area contributed by atoms with Gasteiger partial charge < -0.3 is 10.8 Å². The first-order valence-corrected chi connectivity index (χ1v) is 8.29. The van der Waals surface area contributed by atoms with Crippen LogP contribution in [-0.2, 0) is 10.0 Å². The minimum atomic E-state index is -3.61. The van der Waals surface area contributed by atoms with Crippen molar-refractivity contribution < 1.29 is 13.5 Å². The molecule has 1 unspecified atom stereocenters. The summed E-state index contributed by atoms with van der Waals surface area (Å²) in [5.41, 5.74) is 6.69. The van der Waals surface area contributed by atoms with E-state index in [9.17, 15) is 13.5 Å². The minimum absolute atomic E-state index is 0.158. The van der Waals surface area contributed by atoms with E-state index in [1.807, 2.05) is 6.92 Å². The van der Waals surface area contributed by atoms with E-state index in [0.717, 1.165) is 0 Å². The molecule has 0 radical (unpaired) electrons. The predicted molar refractivity (Wildman–Crippen MR) is 79.4 cm³/mol. The Hall–Kier alpha value is -0.630. The molecule has 0 fully saturated rings. The molecule has 19 heavy (non-hydrogen) atoms. The molecular formula is C12H19BrN2O3S. The Morgan fingerprint density at radius 1 is 1.47 bits per heavy atom. The van der Waals surface area contributed by atoms with Gasteiger partial charge in [-0.05, 0) is 37.5 Å². The van der Waals surface area contributed by atoms with Gasteiger partial charge in [-0.25, -0.2) is 13.1 Å². The minimum Gasteiger partial charge on any atom is -0.398 e. The molecule has 1 rings (SSSR count). The molecule has 0 aliphatic heterocycles. The van der Waals surface area contributed by atoms with Crippen LogP contribution < -0.4 is 10.5 Å². The van der Waals surface area contributed by atoms with Gasteiger partial charge in [0.1, 0.15) is 0 Å². The van der Waals surface area contributed by atoms with Gasteiger partial charge in [0.05, 0.1) is 11.0 Å². The number of anilines is 1. The number of rotatable bonds is 6. The summed E-state index contributed by atoms with van der Waals surface area (Å²) in [6.45, 7) is 3.71. The zero-order valence-electron chi connectivity index (χ0n) is 11.0. The highest BCUT2D eigenvalue weighted by Crippen LogP contribution is 2.26. The summed E-state index contributed by atoms with van der Waals surface area (Å²) in [4.78, 5) is 0.158. The number of aliphatic hydroxyl groups is 1. The van der Waals surface area contributed by atoms with E-state index in [2.05, 4.69) is 20.7 Å². The molecule has 5 nitrogen and oxygen atoms in total. The molecule has 0 spiro atoms. The van der Waals surface area contributed by atoms with Crippen molar-refractivity contribution >= 4 is 31.6 Å². The van der Waals surface area contributed by atoms with E-state index < -0.39 is 16.1 Å². The number of sulfonamides is 1. The van der Waals surface area contributed by atoms with Crippen molar-refractivity contribution in [2.45, 2.75) is 37.7 Å². The van der Waals surface area contributed by atoms with E-state index in [4.69, 9.17) is 5.73 Å². The van der Waals surface area contributed by atoms with Crippen LogP contribution >= 0.6 is 15.9 Å². The lowest BCUT2D eigenvalue weighted by molar-refractivity contribution is 0.162. The summed E-state index contributed by atoms with van der Waals surface area (Å²) < 4.78 is 27.4. The second kappa shape index (κ2) is 6.69. The number of hydrogen-bond acceptors (Lipinski definition) is 4. The number of aliphatic hydroxyl groups excluding tert-OH is 1. The highest BCUT2D eigenvalue weighted by atomic mass is 79.9. The van der Waals surface area contributed by atoms with Crippen molar-refractivity contribution in [1.29, 1.82) is 0 Å². The lowest BCUT2D eigenvalue weighted by atomic mass is 10.2. The molecule has 0 saturated carbocycles. The average Bonchev–Trinajstić information content (AvgIpc) is 2.33. The molecule has 1 atom stereocenters. The van der Waals surface area contributed by atoms with Crippen molar-refractivity contribution in [3.63, 3.8) is 0 Å². The third kappa shape index (κ3) is 4.45. The lowest BCUT2D eigenvalue weighted by Gasteiger charge is -2.13. The van der Waals surface area contributed by atoms with Gasteiger partial charge in [0.2, 0.25) is 10.0 Å². The third-order valence-electron chi connectivity index (χ3n) is 2.90. The molecule has 0 aliphatic rings. The highest BCUT2D eigenvalue weighted by molar-refractivity contribution is 9.10. The second-order valence-corrected chi connectivity index (χ2v) is 7.02. The summed E-state index contributed by atoms with van der Waals surface area (Å²) >= 11 is 3.23. The van der Waals surface area contributed by atoms with Gasteiger partial charge in [-0.3, -0.25) is 0 Å². The van der Waals surface area contributed by atoms with Crippen LogP contribution in [0.3, 0.4) is 0 Å². The Bertz CT molecular complexity index is 546. The Balaban J connectivity index is 2.89. The topological polar surface area (TPSA) is 92.4 Å². The Morgan fingerprint density at radius 2 is 2.11 bits per heavy atom. The van der Waals surface area contributed by atoms with Gasteiger partial charge in [-0.1, -0.05) is 22.9 Å². The number of nitrogens with two attached hydrogens (primary N) is 1. The fourth-order valence-electron chi connectivity index (χ4n) is 1.60. The van der Waals surface area contributed by atoms with Gasteiger partial charge >= 0.3 is 0 Å². The summed E-state index contributed by atoms with van der Waals surface area (Å²) in [7, 11) is -3.61. The Labute approximate surface area is 122 Å². The van der Waals surface area contributed by atoms with E-state index in [1.165, 1.54) is 6.07 Å². The zero-order valence-corrected chi connectivity index (χ0v) is 13.4. The molecule has 1 aromatic carbocycles. The van der Waals surface area contributed by atoms with Crippen molar-refractivity contribution in [2.75, 3.05) is 12.3 Å². The van der Waals surface area contributed by atoms with E-state index >= 15 is 0 Å². The fourth-order valence-corrected chi connectivity index (χ4v) is 3.57. The molecule has 0 bridgehead atoms. The first-order chi connectivity index (χ1) is 8.77. The van der Waals surface area contributed by atoms with Crippen molar-refractivity contribution in [2.24, 2.45) is 0 Å². The van der Waals surface area contributed by atoms with Crippen LogP contribution in [-0.4, -0.2) is 26.2 Å². The first kappa shape index (κ1) is 16.4. The lowest BCUT2D eigenvalue weighted by Crippen LogP contribution is -2.28. The SMILES string of the molecule is CCC(O)CCNS(=O)(=O)c1cc(Br)cc(N)c1C. The number of hydrogen-bond donors (Lipinski definition) is 3. The van der Waals surface area contributed by atoms with Crippen LogP contribution in [0.15, 0.2) is 21.5 Å². The summed E-state index contributed by atoms with van der Waals surface area (Å²) in [5, 5.41) is 9.41. The van der Waals surface area contributed by atoms with Gasteiger partial charge in [-0.15, -0.1) is 0 Å². The molecule has 0 aromatic heterocycles. The van der Waals surface area contributed by atoms with Crippen molar-refractivity contribution in [3.05, 3.63) is 22.2 Å². The van der Waals surface area contributed by atoms with Crippen LogP contribution in [0, 0.1) is 6.92 Å². The van der Waals surface area contributed by atoms with Gasteiger partial charge in [0.15, 0.2) is 0 Å². The summed E-state index contributed by atoms with van der Waals surface area (Å²) in [6.07, 6.45) is 0.499. The molecule has 0 aliphatic carbocycles. The first-order valence-electron chi connectivity index (χ1n) is 6.01. The number of halogens is 1. The molecule has 108 valence electrons. The number of nitrogens with one attached hydrogen (secondary N) is 1. The maximum atomic E-state index is 12.2. The number of benzene rings is 1. The second-order valence-electron chi connectivity index (χ2n) is 4.37. The molecule has 7 heteroatoms. The van der Waals surface area contributed by atoms with Crippen molar-refractivity contribution in [3.8, 4) is 0 Å². The predicted octanol–water partition coefficient (Wildman–Crippen LogP) is 1.78. The standard InChI is InChI=1S/C12H19BrN2O3S/c1-3-10(16)4-5-15-19(17,18)12-7-9(13)6-11(14)8(12)2/h6-7,10,15-16H,3-5,14H2,1-2H3. The maximum absolute atomic E-state index is 12.2. The van der Waals surface area contributed by atoms with Gasteiger partial charge in [0.25, 0.3) is 0 Å². The van der Waals surface area contributed by atoms with E-state index in [1.54, 1.807) is 13.0 Å². The monoisotopic (exact) mass is 350 g/mol. The Kier molecular flexibility index (Phi) is 5.79. The smallest absolute Gasteiger partial charge is 0.240 e. The normalized spacial score (nSPS) is 13.5. The summed E-state index contributed by atoms with van der Waals surface area (Å²) in [5.74, 6) is 0. The van der Waals surface area contributed by atoms with Crippen LogP contribution in [0.25, 0.3) is 0 Å². The quantitative estimate of drug-likeness (QED) is 0.681. The van der Waals surface area contributed by atoms with Crippen LogP contribution in [0.4, 0.5) is 5.69 Å². The van der Waals surface area contributed by atoms with E-state index in [-0.39, 0.29) is 11.4 Å². The Morgan fingerprint density at radius 3 is 2.68 bits per heavy atom. The summed E-state index contributed by atoms with van der Waals surface area (Å²) in [6, 6.07) is 3.18. The molecule has 1 aromatic rings. The largest absolute Gasteiger partial charge is 0.398 e. The molecular weight excluding hydrogens is 332 g/mol. The van der Waals surface area contributed by atoms with Crippen LogP contribution in [0.2, 0.25) is 0 Å². The van der Waals surface area contributed by atoms with Crippen LogP contribution in [0.5, 0.6) is 0 Å². The molecule has 0 amide bonds. The fraction of sp³-hybridized carbons (Fsp3) is 0.500. The average molecular weight is 351 g/mol. The highest BCUT2D eigenvalue weighted by Gasteiger charge is 2.18. The van der Waals surface area contributed by atoms with Crippen LogP contribution in [0.1, 0.15) is 25.3 Å². The van der Waals surface area contributed by atoms with Crippen molar-refractivity contribution in [1.82, 2.24) is 4.72 Å². The van der Waals surface area contributed by atoms with E-state index in [0.29, 0.717) is 28.6 Å². The maximum Gasteiger partial charge on any atom is 0.240 e. The number of nitrogen functional groups attached to an aromatic ring is 1. The molecule has 0 saturated heterocycles. The van der Waals surface area contributed by atoms with Gasteiger partial charge in [0, 0.05) is 16.7 Å². The molecule has 0 heterocycles. The molecule has 4 N–H and O–H groups in total. The van der Waals surface area contributed by atoms with Gasteiger partial charge in [-0.2, -0.15) is 0 Å². The third-order valence-corrected chi connectivity index (χ3v) is 4.94. The zero-order chi connectivity index (χ0) is 14.6.